The van der Waals surface area contributed by atoms with Gasteiger partial charge >= 0.3 is 6.36 Å². The molecule has 0 aliphatic heterocycles. The Bertz CT molecular complexity index is 716. The number of fused-ring (bicyclic) bond motifs is 1. The van der Waals surface area contributed by atoms with Gasteiger partial charge in [0, 0.05) is 0 Å². The molecule has 3 nitrogen and oxygen atoms in total. The molecule has 2 aromatic carbocycles. The van der Waals surface area contributed by atoms with E-state index in [0.29, 0.717) is 5.52 Å². The van der Waals surface area contributed by atoms with E-state index in [-0.39, 0.29) is 17.1 Å². The van der Waals surface area contributed by atoms with Gasteiger partial charge in [-0.05, 0) is 24.3 Å². The highest BCUT2D eigenvalue weighted by atomic mass is 19.4. The zero-order chi connectivity index (χ0) is 14.2. The van der Waals surface area contributed by atoms with E-state index in [1.165, 1.54) is 18.2 Å². The van der Waals surface area contributed by atoms with Crippen molar-refractivity contribution >= 4 is 11.0 Å². The van der Waals surface area contributed by atoms with Crippen LogP contribution in [0, 0.1) is 6.07 Å². The molecule has 101 valence electrons. The summed E-state index contributed by atoms with van der Waals surface area (Å²) in [7, 11) is 0. The van der Waals surface area contributed by atoms with E-state index < -0.39 is 6.36 Å². The second kappa shape index (κ2) is 4.56. The van der Waals surface area contributed by atoms with E-state index in [2.05, 4.69) is 20.8 Å². The molecule has 0 unspecified atom stereocenters. The molecule has 0 spiro atoms. The number of imidazole rings is 1. The first-order valence-electron chi connectivity index (χ1n) is 5.74. The average Bonchev–Trinajstić information content (AvgIpc) is 2.81. The van der Waals surface area contributed by atoms with Crippen molar-refractivity contribution in [2.75, 3.05) is 0 Å². The summed E-state index contributed by atoms with van der Waals surface area (Å²) in [6, 6.07) is 14.0. The Labute approximate surface area is 112 Å². The summed E-state index contributed by atoms with van der Waals surface area (Å²) < 4.78 is 41.1. The molecule has 1 aromatic heterocycles. The number of alkyl halides is 3. The molecule has 20 heavy (non-hydrogen) atoms. The number of hydrogen-bond donors (Lipinski definition) is 1. The third-order valence-corrected chi connectivity index (χ3v) is 2.67. The predicted octanol–water partition coefficient (Wildman–Crippen LogP) is 3.93. The van der Waals surface area contributed by atoms with Crippen LogP contribution in [0.15, 0.2) is 42.5 Å². The number of hydrogen-bond acceptors (Lipinski definition) is 2. The Morgan fingerprint density at radius 3 is 2.65 bits per heavy atom. The van der Waals surface area contributed by atoms with Crippen molar-refractivity contribution in [2.45, 2.75) is 6.36 Å². The molecule has 1 radical (unpaired) electrons. The molecule has 3 aromatic rings. The van der Waals surface area contributed by atoms with Gasteiger partial charge in [0.25, 0.3) is 0 Å². The third kappa shape index (κ3) is 2.45. The van der Waals surface area contributed by atoms with Gasteiger partial charge in [-0.2, -0.15) is 0 Å². The Kier molecular flexibility index (Phi) is 2.85. The number of H-pyrrole nitrogens is 1. The summed E-state index contributed by atoms with van der Waals surface area (Å²) in [5.74, 6) is -0.0508. The van der Waals surface area contributed by atoms with Crippen molar-refractivity contribution in [3.8, 4) is 17.1 Å². The normalized spacial score (nSPS) is 11.8. The number of halogens is 3. The van der Waals surface area contributed by atoms with Gasteiger partial charge in [0.2, 0.25) is 0 Å². The van der Waals surface area contributed by atoms with E-state index in [4.69, 9.17) is 0 Å². The van der Waals surface area contributed by atoms with Crippen LogP contribution in [-0.2, 0) is 0 Å². The SMILES string of the molecule is FC(F)(F)Oc1ccc[c]c1-c1nc2ccccc2[nH]1. The van der Waals surface area contributed by atoms with E-state index in [0.717, 1.165) is 5.52 Å². The number of benzene rings is 2. The smallest absolute Gasteiger partial charge is 0.405 e. The molecule has 0 amide bonds. The zero-order valence-corrected chi connectivity index (χ0v) is 10.0. The van der Waals surface area contributed by atoms with Gasteiger partial charge in [-0.1, -0.05) is 24.3 Å². The molecule has 0 atom stereocenters. The lowest BCUT2D eigenvalue weighted by Crippen LogP contribution is -2.17. The van der Waals surface area contributed by atoms with Gasteiger partial charge in [-0.15, -0.1) is 13.2 Å². The highest BCUT2D eigenvalue weighted by Gasteiger charge is 2.32. The van der Waals surface area contributed by atoms with Gasteiger partial charge in [0.05, 0.1) is 16.6 Å². The Morgan fingerprint density at radius 1 is 1.10 bits per heavy atom. The summed E-state index contributed by atoms with van der Waals surface area (Å²) in [4.78, 5) is 7.19. The molecule has 0 aliphatic rings. The summed E-state index contributed by atoms with van der Waals surface area (Å²) in [5.41, 5.74) is 1.54. The van der Waals surface area contributed by atoms with Crippen LogP contribution in [0.5, 0.6) is 5.75 Å². The maximum absolute atomic E-state index is 12.4. The minimum absolute atomic E-state index is 0.140. The second-order valence-electron chi connectivity index (χ2n) is 4.06. The van der Waals surface area contributed by atoms with Crippen LogP contribution < -0.4 is 4.74 Å². The fourth-order valence-electron chi connectivity index (χ4n) is 1.89. The summed E-state index contributed by atoms with van der Waals surface area (Å²) in [6.07, 6.45) is -4.75. The van der Waals surface area contributed by atoms with Crippen LogP contribution in [-0.4, -0.2) is 16.3 Å². The number of aromatic amines is 1. The first-order chi connectivity index (χ1) is 9.53. The van der Waals surface area contributed by atoms with Crippen LogP contribution in [0.1, 0.15) is 0 Å². The summed E-state index contributed by atoms with van der Waals surface area (Å²) in [5, 5.41) is 0. The van der Waals surface area contributed by atoms with Gasteiger partial charge in [0.1, 0.15) is 11.6 Å². The number of aromatic nitrogens is 2. The van der Waals surface area contributed by atoms with Gasteiger partial charge in [-0.25, -0.2) is 4.98 Å². The van der Waals surface area contributed by atoms with Crippen molar-refractivity contribution in [3.63, 3.8) is 0 Å². The quantitative estimate of drug-likeness (QED) is 0.770. The highest BCUT2D eigenvalue weighted by Crippen LogP contribution is 2.32. The number of ether oxygens (including phenoxy) is 1. The van der Waals surface area contributed by atoms with Crippen LogP contribution in [0.3, 0.4) is 0 Å². The fourth-order valence-corrected chi connectivity index (χ4v) is 1.89. The molecule has 1 N–H and O–H groups in total. The van der Waals surface area contributed by atoms with Crippen LogP contribution in [0.4, 0.5) is 13.2 Å². The van der Waals surface area contributed by atoms with Gasteiger partial charge in [0.15, 0.2) is 0 Å². The third-order valence-electron chi connectivity index (χ3n) is 2.67. The molecule has 0 saturated heterocycles. The van der Waals surface area contributed by atoms with Crippen molar-refractivity contribution in [1.29, 1.82) is 0 Å². The standard InChI is InChI=1S/C14H8F3N2O/c15-14(16,17)20-12-8-4-1-5-9(12)13-18-10-6-2-3-7-11(10)19-13/h1-4,6-8H,(H,18,19). The molecule has 3 rings (SSSR count). The van der Waals surface area contributed by atoms with Crippen LogP contribution in [0.25, 0.3) is 22.4 Å². The van der Waals surface area contributed by atoms with E-state index in [1.807, 2.05) is 6.07 Å². The molecule has 6 heteroatoms. The Hall–Kier alpha value is -2.50. The zero-order valence-electron chi connectivity index (χ0n) is 10.0. The number of nitrogens with one attached hydrogen (secondary N) is 1. The fraction of sp³-hybridized carbons (Fsp3) is 0.0714. The highest BCUT2D eigenvalue weighted by molar-refractivity contribution is 5.80. The molecular formula is C14H8F3N2O. The van der Waals surface area contributed by atoms with Gasteiger partial charge in [-0.3, -0.25) is 0 Å². The number of rotatable bonds is 2. The lowest BCUT2D eigenvalue weighted by atomic mass is 10.2. The van der Waals surface area contributed by atoms with Crippen LogP contribution in [0.2, 0.25) is 0 Å². The minimum atomic E-state index is -4.75. The maximum atomic E-state index is 12.4. The van der Waals surface area contributed by atoms with E-state index in [9.17, 15) is 13.2 Å². The number of nitrogens with zero attached hydrogens (tertiary/aromatic N) is 1. The Morgan fingerprint density at radius 2 is 1.90 bits per heavy atom. The number of para-hydroxylation sites is 2. The maximum Gasteiger partial charge on any atom is 0.573 e. The van der Waals surface area contributed by atoms with Crippen molar-refractivity contribution in [1.82, 2.24) is 9.97 Å². The largest absolute Gasteiger partial charge is 0.573 e. The molecule has 0 aliphatic carbocycles. The van der Waals surface area contributed by atoms with Crippen molar-refractivity contribution in [3.05, 3.63) is 48.5 Å². The predicted molar refractivity (Wildman–Crippen MR) is 67.0 cm³/mol. The lowest BCUT2D eigenvalue weighted by Gasteiger charge is -2.11. The molecule has 0 bridgehead atoms. The monoisotopic (exact) mass is 277 g/mol. The molecular weight excluding hydrogens is 269 g/mol. The second-order valence-corrected chi connectivity index (χ2v) is 4.06. The average molecular weight is 277 g/mol. The topological polar surface area (TPSA) is 37.9 Å². The molecule has 0 fully saturated rings. The van der Waals surface area contributed by atoms with Crippen LogP contribution >= 0.6 is 0 Å². The van der Waals surface area contributed by atoms with E-state index >= 15 is 0 Å². The van der Waals surface area contributed by atoms with Crippen molar-refractivity contribution in [2.24, 2.45) is 0 Å². The first kappa shape index (κ1) is 12.5. The van der Waals surface area contributed by atoms with Gasteiger partial charge < -0.3 is 9.72 Å². The Balaban J connectivity index is 2.09. The molecule has 0 saturated carbocycles. The molecule has 1 heterocycles. The first-order valence-corrected chi connectivity index (χ1v) is 5.74. The lowest BCUT2D eigenvalue weighted by molar-refractivity contribution is -0.274. The van der Waals surface area contributed by atoms with Crippen molar-refractivity contribution < 1.29 is 17.9 Å². The summed E-state index contributed by atoms with van der Waals surface area (Å²) >= 11 is 0. The van der Waals surface area contributed by atoms with E-state index in [1.54, 1.807) is 18.2 Å². The minimum Gasteiger partial charge on any atom is -0.405 e. The summed E-state index contributed by atoms with van der Waals surface area (Å²) in [6.45, 7) is 0.